The van der Waals surface area contributed by atoms with Gasteiger partial charge in [0, 0.05) is 0 Å². The van der Waals surface area contributed by atoms with E-state index in [4.69, 9.17) is 11.5 Å². The SMILES string of the molecule is COC(=O)c1nc(N)c(C(F)F)cc1N. The minimum atomic E-state index is -2.79. The molecule has 0 aromatic carbocycles. The van der Waals surface area contributed by atoms with Crippen LogP contribution in [-0.2, 0) is 4.74 Å². The molecule has 0 bridgehead atoms. The summed E-state index contributed by atoms with van der Waals surface area (Å²) in [4.78, 5) is 14.5. The number of esters is 1. The Kier molecular flexibility index (Phi) is 3.03. The minimum absolute atomic E-state index is 0.189. The van der Waals surface area contributed by atoms with Crippen molar-refractivity contribution in [2.24, 2.45) is 0 Å². The Morgan fingerprint density at radius 3 is 2.60 bits per heavy atom. The van der Waals surface area contributed by atoms with Gasteiger partial charge in [-0.25, -0.2) is 18.6 Å². The lowest BCUT2D eigenvalue weighted by Crippen LogP contribution is -2.12. The van der Waals surface area contributed by atoms with Gasteiger partial charge in [-0.2, -0.15) is 0 Å². The first-order valence-corrected chi connectivity index (χ1v) is 3.89. The van der Waals surface area contributed by atoms with Gasteiger partial charge in [-0.1, -0.05) is 0 Å². The lowest BCUT2D eigenvalue weighted by molar-refractivity contribution is 0.0595. The number of methoxy groups -OCH3 is 1. The number of pyridine rings is 1. The number of ether oxygens (including phenoxy) is 1. The van der Waals surface area contributed by atoms with Crippen LogP contribution in [0.5, 0.6) is 0 Å². The van der Waals surface area contributed by atoms with Gasteiger partial charge >= 0.3 is 5.97 Å². The minimum Gasteiger partial charge on any atom is -0.464 e. The van der Waals surface area contributed by atoms with E-state index in [1.54, 1.807) is 0 Å². The smallest absolute Gasteiger partial charge is 0.358 e. The fourth-order valence-corrected chi connectivity index (χ4v) is 0.994. The van der Waals surface area contributed by atoms with E-state index in [-0.39, 0.29) is 11.4 Å². The van der Waals surface area contributed by atoms with Crippen LogP contribution in [0.15, 0.2) is 6.07 Å². The monoisotopic (exact) mass is 217 g/mol. The number of halogens is 2. The third kappa shape index (κ3) is 2.12. The van der Waals surface area contributed by atoms with Crippen LogP contribution < -0.4 is 11.5 Å². The first kappa shape index (κ1) is 11.2. The zero-order valence-corrected chi connectivity index (χ0v) is 7.83. The van der Waals surface area contributed by atoms with Gasteiger partial charge in [0.1, 0.15) is 5.82 Å². The van der Waals surface area contributed by atoms with Crippen LogP contribution >= 0.6 is 0 Å². The van der Waals surface area contributed by atoms with E-state index < -0.39 is 23.8 Å². The van der Waals surface area contributed by atoms with Crippen LogP contribution in [0.2, 0.25) is 0 Å². The van der Waals surface area contributed by atoms with Crippen molar-refractivity contribution in [3.05, 3.63) is 17.3 Å². The summed E-state index contributed by atoms with van der Waals surface area (Å²) in [6.45, 7) is 0. The molecule has 0 radical (unpaired) electrons. The highest BCUT2D eigenvalue weighted by atomic mass is 19.3. The van der Waals surface area contributed by atoms with Crippen molar-refractivity contribution in [1.82, 2.24) is 4.98 Å². The Bertz CT molecular complexity index is 396. The summed E-state index contributed by atoms with van der Waals surface area (Å²) >= 11 is 0. The number of hydrogen-bond donors (Lipinski definition) is 2. The highest BCUT2D eigenvalue weighted by Crippen LogP contribution is 2.27. The zero-order valence-electron chi connectivity index (χ0n) is 7.83. The molecule has 5 nitrogen and oxygen atoms in total. The lowest BCUT2D eigenvalue weighted by atomic mass is 10.2. The van der Waals surface area contributed by atoms with E-state index in [2.05, 4.69) is 9.72 Å². The maximum Gasteiger partial charge on any atom is 0.358 e. The Morgan fingerprint density at radius 1 is 1.53 bits per heavy atom. The van der Waals surface area contributed by atoms with Gasteiger partial charge in [0.05, 0.1) is 18.4 Å². The second-order valence-electron chi connectivity index (χ2n) is 2.69. The Labute approximate surface area is 84.0 Å². The highest BCUT2D eigenvalue weighted by molar-refractivity contribution is 5.93. The molecule has 0 aliphatic heterocycles. The molecule has 0 fully saturated rings. The molecule has 1 rings (SSSR count). The molecule has 0 atom stereocenters. The number of hydrogen-bond acceptors (Lipinski definition) is 5. The molecular formula is C8H9F2N3O2. The maximum absolute atomic E-state index is 12.3. The number of rotatable bonds is 2. The molecule has 4 N–H and O–H groups in total. The van der Waals surface area contributed by atoms with Gasteiger partial charge < -0.3 is 16.2 Å². The maximum atomic E-state index is 12.3. The summed E-state index contributed by atoms with van der Waals surface area (Å²) in [7, 11) is 1.13. The topological polar surface area (TPSA) is 91.2 Å². The van der Waals surface area contributed by atoms with Gasteiger partial charge in [0.25, 0.3) is 6.43 Å². The summed E-state index contributed by atoms with van der Waals surface area (Å²) in [6, 6.07) is 0.916. The van der Waals surface area contributed by atoms with Crippen molar-refractivity contribution < 1.29 is 18.3 Å². The molecule has 0 aliphatic rings. The quantitative estimate of drug-likeness (QED) is 0.720. The number of nitrogen functional groups attached to an aromatic ring is 2. The molecule has 1 aromatic heterocycles. The van der Waals surface area contributed by atoms with Crippen molar-refractivity contribution in [2.75, 3.05) is 18.6 Å². The number of aromatic nitrogens is 1. The number of nitrogens with two attached hydrogens (primary N) is 2. The molecule has 0 saturated heterocycles. The van der Waals surface area contributed by atoms with E-state index in [1.807, 2.05) is 0 Å². The summed E-state index contributed by atoms with van der Waals surface area (Å²) in [5, 5.41) is 0. The number of alkyl halides is 2. The molecule has 0 spiro atoms. The molecule has 15 heavy (non-hydrogen) atoms. The largest absolute Gasteiger partial charge is 0.464 e. The summed E-state index contributed by atoms with van der Waals surface area (Å²) in [6.07, 6.45) is -2.79. The van der Waals surface area contributed by atoms with E-state index in [1.165, 1.54) is 0 Å². The molecule has 1 heterocycles. The molecule has 82 valence electrons. The first-order valence-electron chi connectivity index (χ1n) is 3.89. The molecule has 0 saturated carbocycles. The van der Waals surface area contributed by atoms with Crippen LogP contribution in [0.3, 0.4) is 0 Å². The van der Waals surface area contributed by atoms with Crippen molar-refractivity contribution in [2.45, 2.75) is 6.43 Å². The van der Waals surface area contributed by atoms with Crippen molar-refractivity contribution >= 4 is 17.5 Å². The molecule has 0 aliphatic carbocycles. The first-order chi connectivity index (χ1) is 6.97. The van der Waals surface area contributed by atoms with Crippen molar-refractivity contribution in [3.63, 3.8) is 0 Å². The lowest BCUT2D eigenvalue weighted by Gasteiger charge is -2.08. The van der Waals surface area contributed by atoms with Crippen molar-refractivity contribution in [3.8, 4) is 0 Å². The highest BCUT2D eigenvalue weighted by Gasteiger charge is 2.19. The third-order valence-electron chi connectivity index (χ3n) is 1.73. The molecule has 7 heteroatoms. The standard InChI is InChI=1S/C8H9F2N3O2/c1-15-8(14)5-4(11)2-3(6(9)10)7(12)13-5/h2,6H,11H2,1H3,(H2,12,13). The van der Waals surface area contributed by atoms with Crippen LogP contribution in [0.1, 0.15) is 22.5 Å². The number of carbonyl (C=O) groups excluding carboxylic acids is 1. The number of carbonyl (C=O) groups is 1. The van der Waals surface area contributed by atoms with Crippen LogP contribution in [-0.4, -0.2) is 18.1 Å². The van der Waals surface area contributed by atoms with Gasteiger partial charge in [-0.15, -0.1) is 0 Å². The normalized spacial score (nSPS) is 10.4. The molecular weight excluding hydrogens is 208 g/mol. The predicted molar refractivity (Wildman–Crippen MR) is 49.4 cm³/mol. The second kappa shape index (κ2) is 4.07. The summed E-state index contributed by atoms with van der Waals surface area (Å²) < 4.78 is 29.0. The van der Waals surface area contributed by atoms with Crippen LogP contribution in [0.4, 0.5) is 20.3 Å². The van der Waals surface area contributed by atoms with Crippen LogP contribution in [0.25, 0.3) is 0 Å². The average molecular weight is 217 g/mol. The fourth-order valence-electron chi connectivity index (χ4n) is 0.994. The Balaban J connectivity index is 3.25. The molecule has 0 amide bonds. The van der Waals surface area contributed by atoms with Gasteiger partial charge in [-0.05, 0) is 6.07 Å². The van der Waals surface area contributed by atoms with E-state index in [0.29, 0.717) is 0 Å². The van der Waals surface area contributed by atoms with Gasteiger partial charge in [-0.3, -0.25) is 0 Å². The second-order valence-corrected chi connectivity index (χ2v) is 2.69. The summed E-state index contributed by atoms with van der Waals surface area (Å²) in [5.74, 6) is -1.25. The van der Waals surface area contributed by atoms with E-state index >= 15 is 0 Å². The fraction of sp³-hybridized carbons (Fsp3) is 0.250. The van der Waals surface area contributed by atoms with E-state index in [9.17, 15) is 13.6 Å². The van der Waals surface area contributed by atoms with Crippen LogP contribution in [0, 0.1) is 0 Å². The van der Waals surface area contributed by atoms with E-state index in [0.717, 1.165) is 13.2 Å². The third-order valence-corrected chi connectivity index (χ3v) is 1.73. The number of anilines is 2. The average Bonchev–Trinajstić information content (AvgIpc) is 2.19. The van der Waals surface area contributed by atoms with Gasteiger partial charge in [0.2, 0.25) is 0 Å². The number of nitrogens with zero attached hydrogens (tertiary/aromatic N) is 1. The van der Waals surface area contributed by atoms with Gasteiger partial charge in [0.15, 0.2) is 5.69 Å². The Hall–Kier alpha value is -1.92. The zero-order chi connectivity index (χ0) is 11.6. The molecule has 1 aromatic rings. The summed E-state index contributed by atoms with van der Waals surface area (Å²) in [5.41, 5.74) is 9.63. The molecule has 0 unspecified atom stereocenters. The van der Waals surface area contributed by atoms with Crippen molar-refractivity contribution in [1.29, 1.82) is 0 Å². The predicted octanol–water partition coefficient (Wildman–Crippen LogP) is 0.970. The Morgan fingerprint density at radius 2 is 2.13 bits per heavy atom.